The number of fused-ring (bicyclic) bond motifs is 1. The molecule has 0 saturated carbocycles. The van der Waals surface area contributed by atoms with Crippen LogP contribution in [-0.4, -0.2) is 48.4 Å². The van der Waals surface area contributed by atoms with E-state index in [-0.39, 0.29) is 11.9 Å². The first-order valence-electron chi connectivity index (χ1n) is 10.5. The Balaban J connectivity index is 1.85. The molecule has 2 heterocycles. The van der Waals surface area contributed by atoms with Crippen molar-refractivity contribution < 1.29 is 19.0 Å². The highest BCUT2D eigenvalue weighted by Crippen LogP contribution is 2.46. The third kappa shape index (κ3) is 3.60. The maximum atomic E-state index is 13.2. The van der Waals surface area contributed by atoms with E-state index in [1.54, 1.807) is 14.2 Å². The molecule has 0 spiro atoms. The van der Waals surface area contributed by atoms with Gasteiger partial charge in [-0.05, 0) is 49.7 Å². The third-order valence-electron chi connectivity index (χ3n) is 5.50. The van der Waals surface area contributed by atoms with Gasteiger partial charge in [0.1, 0.15) is 22.9 Å². The van der Waals surface area contributed by atoms with E-state index in [1.165, 1.54) is 0 Å². The van der Waals surface area contributed by atoms with Crippen LogP contribution >= 0.6 is 0 Å². The van der Waals surface area contributed by atoms with Gasteiger partial charge in [-0.25, -0.2) is 0 Å². The van der Waals surface area contributed by atoms with Gasteiger partial charge in [-0.15, -0.1) is 0 Å². The van der Waals surface area contributed by atoms with Gasteiger partial charge in [-0.1, -0.05) is 6.92 Å². The molecule has 1 aromatic heterocycles. The summed E-state index contributed by atoms with van der Waals surface area (Å²) in [5, 5.41) is 7.50. The lowest BCUT2D eigenvalue weighted by Gasteiger charge is -2.27. The number of nitrogens with zero attached hydrogens (tertiary/aromatic N) is 2. The van der Waals surface area contributed by atoms with Crippen molar-refractivity contribution in [3.63, 3.8) is 0 Å². The van der Waals surface area contributed by atoms with Crippen molar-refractivity contribution in [2.45, 2.75) is 26.3 Å². The van der Waals surface area contributed by atoms with Gasteiger partial charge >= 0.3 is 0 Å². The van der Waals surface area contributed by atoms with Gasteiger partial charge in [0.15, 0.2) is 0 Å². The molecule has 1 N–H and O–H groups in total. The lowest BCUT2D eigenvalue weighted by atomic mass is 9.95. The number of hydrogen-bond acceptors (Lipinski definition) is 5. The molecule has 7 nitrogen and oxygen atoms in total. The van der Waals surface area contributed by atoms with E-state index in [4.69, 9.17) is 14.2 Å². The molecule has 1 amide bonds. The number of rotatable bonds is 8. The first-order chi connectivity index (χ1) is 15.1. The van der Waals surface area contributed by atoms with Crippen LogP contribution in [0, 0.1) is 0 Å². The van der Waals surface area contributed by atoms with Crippen molar-refractivity contribution in [1.29, 1.82) is 0 Å². The first kappa shape index (κ1) is 20.8. The van der Waals surface area contributed by atoms with Crippen LogP contribution in [0.5, 0.6) is 17.2 Å². The van der Waals surface area contributed by atoms with Crippen LogP contribution in [0.1, 0.15) is 47.9 Å². The van der Waals surface area contributed by atoms with Crippen LogP contribution in [0.15, 0.2) is 42.5 Å². The molecule has 0 aliphatic carbocycles. The smallest absolute Gasteiger partial charge is 0.273 e. The number of aromatic nitrogens is 2. The van der Waals surface area contributed by atoms with Gasteiger partial charge in [-0.3, -0.25) is 9.89 Å². The Morgan fingerprint density at radius 1 is 1.03 bits per heavy atom. The standard InChI is InChI=1S/C24H27N3O4/c1-5-13-27-23(18-12-11-17(29-3)14-19(18)30-4)20-21(25-26-22(20)24(27)28)15-7-9-16(10-8-15)31-6-2/h7-12,14,23H,5-6,13H2,1-4H3,(H,25,26)/t23-/m1/s1. The van der Waals surface area contributed by atoms with Crippen molar-refractivity contribution in [3.05, 3.63) is 59.3 Å². The first-order valence-corrected chi connectivity index (χ1v) is 10.5. The molecule has 0 radical (unpaired) electrons. The fraction of sp³-hybridized carbons (Fsp3) is 0.333. The average Bonchev–Trinajstić information content (AvgIpc) is 3.34. The van der Waals surface area contributed by atoms with Gasteiger partial charge in [0.25, 0.3) is 5.91 Å². The van der Waals surface area contributed by atoms with E-state index in [9.17, 15) is 4.79 Å². The molecule has 3 aromatic rings. The molecule has 0 fully saturated rings. The normalized spacial score (nSPS) is 15.2. The van der Waals surface area contributed by atoms with E-state index >= 15 is 0 Å². The van der Waals surface area contributed by atoms with Crippen LogP contribution in [0.25, 0.3) is 11.3 Å². The zero-order chi connectivity index (χ0) is 22.0. The molecule has 1 atom stereocenters. The predicted molar refractivity (Wildman–Crippen MR) is 118 cm³/mol. The third-order valence-corrected chi connectivity index (χ3v) is 5.50. The molecule has 0 unspecified atom stereocenters. The van der Waals surface area contributed by atoms with Gasteiger partial charge in [0.05, 0.1) is 32.6 Å². The molecule has 7 heteroatoms. The highest BCUT2D eigenvalue weighted by molar-refractivity contribution is 6.00. The van der Waals surface area contributed by atoms with Crippen molar-refractivity contribution in [2.75, 3.05) is 27.4 Å². The van der Waals surface area contributed by atoms with Crippen molar-refractivity contribution in [2.24, 2.45) is 0 Å². The molecule has 4 rings (SSSR count). The fourth-order valence-corrected chi connectivity index (χ4v) is 4.13. The summed E-state index contributed by atoms with van der Waals surface area (Å²) in [5.74, 6) is 2.12. The number of H-pyrrole nitrogens is 1. The molecular weight excluding hydrogens is 394 g/mol. The number of aromatic amines is 1. The highest BCUT2D eigenvalue weighted by atomic mass is 16.5. The topological polar surface area (TPSA) is 76.7 Å². The largest absolute Gasteiger partial charge is 0.497 e. The summed E-state index contributed by atoms with van der Waals surface area (Å²) in [6.07, 6.45) is 0.844. The summed E-state index contributed by atoms with van der Waals surface area (Å²) in [5.41, 5.74) is 3.97. The molecule has 0 saturated heterocycles. The Morgan fingerprint density at radius 2 is 1.77 bits per heavy atom. The molecule has 1 aliphatic heterocycles. The van der Waals surface area contributed by atoms with Crippen LogP contribution in [-0.2, 0) is 0 Å². The van der Waals surface area contributed by atoms with E-state index in [0.29, 0.717) is 30.3 Å². The zero-order valence-corrected chi connectivity index (χ0v) is 18.3. The van der Waals surface area contributed by atoms with E-state index in [0.717, 1.165) is 34.6 Å². The number of ether oxygens (including phenoxy) is 3. The van der Waals surface area contributed by atoms with Crippen LogP contribution in [0.2, 0.25) is 0 Å². The Labute approximate surface area is 181 Å². The second-order valence-electron chi connectivity index (χ2n) is 7.33. The number of methoxy groups -OCH3 is 2. The number of nitrogens with one attached hydrogen (secondary N) is 1. The molecule has 2 aromatic carbocycles. The highest BCUT2D eigenvalue weighted by Gasteiger charge is 2.42. The summed E-state index contributed by atoms with van der Waals surface area (Å²) in [7, 11) is 3.25. The zero-order valence-electron chi connectivity index (χ0n) is 18.3. The minimum Gasteiger partial charge on any atom is -0.497 e. The van der Waals surface area contributed by atoms with Crippen molar-refractivity contribution in [1.82, 2.24) is 15.1 Å². The predicted octanol–water partition coefficient (Wildman–Crippen LogP) is 4.45. The van der Waals surface area contributed by atoms with Crippen LogP contribution in [0.4, 0.5) is 0 Å². The van der Waals surface area contributed by atoms with Gasteiger partial charge in [-0.2, -0.15) is 5.10 Å². The summed E-state index contributed by atoms with van der Waals surface area (Å²) < 4.78 is 16.6. The lowest BCUT2D eigenvalue weighted by molar-refractivity contribution is 0.0742. The van der Waals surface area contributed by atoms with E-state index in [2.05, 4.69) is 17.1 Å². The minimum atomic E-state index is -0.302. The second-order valence-corrected chi connectivity index (χ2v) is 7.33. The summed E-state index contributed by atoms with van der Waals surface area (Å²) >= 11 is 0. The number of amides is 1. The summed E-state index contributed by atoms with van der Waals surface area (Å²) in [6.45, 7) is 5.25. The van der Waals surface area contributed by atoms with Crippen LogP contribution < -0.4 is 14.2 Å². The maximum absolute atomic E-state index is 13.2. The molecule has 0 bridgehead atoms. The fourth-order valence-electron chi connectivity index (χ4n) is 4.13. The molecule has 1 aliphatic rings. The average molecular weight is 421 g/mol. The monoisotopic (exact) mass is 421 g/mol. The molecule has 31 heavy (non-hydrogen) atoms. The lowest BCUT2D eigenvalue weighted by Crippen LogP contribution is -2.30. The van der Waals surface area contributed by atoms with E-state index < -0.39 is 0 Å². The second kappa shape index (κ2) is 8.71. The number of carbonyl (C=O) groups is 1. The SMILES string of the molecule is CCCN1C(=O)c2[nH]nc(-c3ccc(OCC)cc3)c2[C@H]1c1ccc(OC)cc1OC. The van der Waals surface area contributed by atoms with Gasteiger partial charge in [0, 0.05) is 29.3 Å². The van der Waals surface area contributed by atoms with Gasteiger partial charge < -0.3 is 19.1 Å². The van der Waals surface area contributed by atoms with Gasteiger partial charge in [0.2, 0.25) is 0 Å². The summed E-state index contributed by atoms with van der Waals surface area (Å²) in [4.78, 5) is 15.1. The molecular formula is C24H27N3O4. The number of hydrogen-bond donors (Lipinski definition) is 1. The van der Waals surface area contributed by atoms with Crippen LogP contribution in [0.3, 0.4) is 0 Å². The van der Waals surface area contributed by atoms with E-state index in [1.807, 2.05) is 54.3 Å². The summed E-state index contributed by atoms with van der Waals surface area (Å²) in [6, 6.07) is 13.2. The number of benzene rings is 2. The Kier molecular flexibility index (Phi) is 5.84. The quantitative estimate of drug-likeness (QED) is 0.582. The molecule has 162 valence electrons. The number of carbonyl (C=O) groups excluding carboxylic acids is 1. The maximum Gasteiger partial charge on any atom is 0.273 e. The van der Waals surface area contributed by atoms with Crippen molar-refractivity contribution >= 4 is 5.91 Å². The minimum absolute atomic E-state index is 0.0515. The Bertz CT molecular complexity index is 1070. The Hall–Kier alpha value is -3.48. The van der Waals surface area contributed by atoms with Crippen molar-refractivity contribution in [3.8, 4) is 28.5 Å². The Morgan fingerprint density at radius 3 is 2.42 bits per heavy atom.